The molecule has 0 aliphatic carbocycles. The topological polar surface area (TPSA) is 15.3 Å². The van der Waals surface area contributed by atoms with E-state index in [1.54, 1.807) is 0 Å². The lowest BCUT2D eigenvalue weighted by Crippen LogP contribution is -2.31. The normalized spacial score (nSPS) is 11.9. The number of benzene rings is 2. The Balaban J connectivity index is 1.86. The molecule has 0 saturated heterocycles. The molecule has 0 bridgehead atoms. The highest BCUT2D eigenvalue weighted by Crippen LogP contribution is 2.14. The number of anilines is 1. The molecule has 0 aliphatic heterocycles. The van der Waals surface area contributed by atoms with Crippen molar-refractivity contribution in [2.75, 3.05) is 18.9 Å². The summed E-state index contributed by atoms with van der Waals surface area (Å²) >= 11 is 0. The number of rotatable bonds is 7. The molecule has 2 rings (SSSR count). The SMILES string of the molecule is C#CCN(C)[C@H](C)Cc1ccc(NCc2ccccc2)cc1. The van der Waals surface area contributed by atoms with Crippen LogP contribution in [-0.2, 0) is 13.0 Å². The van der Waals surface area contributed by atoms with E-state index in [1.165, 1.54) is 11.1 Å². The zero-order chi connectivity index (χ0) is 15.8. The van der Waals surface area contributed by atoms with Crippen molar-refractivity contribution in [3.8, 4) is 12.3 Å². The number of terminal acetylenes is 1. The van der Waals surface area contributed by atoms with E-state index in [-0.39, 0.29) is 0 Å². The van der Waals surface area contributed by atoms with Crippen LogP contribution in [0.5, 0.6) is 0 Å². The maximum absolute atomic E-state index is 5.36. The van der Waals surface area contributed by atoms with E-state index >= 15 is 0 Å². The van der Waals surface area contributed by atoms with E-state index in [4.69, 9.17) is 6.42 Å². The zero-order valence-electron chi connectivity index (χ0n) is 13.4. The summed E-state index contributed by atoms with van der Waals surface area (Å²) in [6.45, 7) is 3.75. The van der Waals surface area contributed by atoms with Crippen molar-refractivity contribution < 1.29 is 0 Å². The first kappa shape index (κ1) is 16.1. The first-order valence-electron chi connectivity index (χ1n) is 7.69. The number of likely N-dealkylation sites (N-methyl/N-ethyl adjacent to an activating group) is 1. The molecule has 22 heavy (non-hydrogen) atoms. The summed E-state index contributed by atoms with van der Waals surface area (Å²) in [5, 5.41) is 3.45. The van der Waals surface area contributed by atoms with Crippen molar-refractivity contribution in [2.45, 2.75) is 25.9 Å². The van der Waals surface area contributed by atoms with Crippen molar-refractivity contribution in [3.63, 3.8) is 0 Å². The molecule has 0 saturated carbocycles. The van der Waals surface area contributed by atoms with E-state index < -0.39 is 0 Å². The highest BCUT2D eigenvalue weighted by atomic mass is 15.1. The van der Waals surface area contributed by atoms with E-state index in [1.807, 2.05) is 6.07 Å². The third kappa shape index (κ3) is 4.95. The largest absolute Gasteiger partial charge is 0.381 e. The summed E-state index contributed by atoms with van der Waals surface area (Å²) in [7, 11) is 2.07. The van der Waals surface area contributed by atoms with Crippen molar-refractivity contribution in [2.24, 2.45) is 0 Å². The van der Waals surface area contributed by atoms with Gasteiger partial charge in [-0.15, -0.1) is 6.42 Å². The molecule has 1 atom stereocenters. The second-order valence-corrected chi connectivity index (χ2v) is 5.71. The summed E-state index contributed by atoms with van der Waals surface area (Å²) in [4.78, 5) is 2.20. The highest BCUT2D eigenvalue weighted by molar-refractivity contribution is 5.45. The van der Waals surface area contributed by atoms with Gasteiger partial charge >= 0.3 is 0 Å². The van der Waals surface area contributed by atoms with Gasteiger partial charge in [-0.3, -0.25) is 4.90 Å². The van der Waals surface area contributed by atoms with Crippen LogP contribution in [0.3, 0.4) is 0 Å². The molecule has 2 nitrogen and oxygen atoms in total. The molecule has 0 unspecified atom stereocenters. The molecular weight excluding hydrogens is 268 g/mol. The maximum Gasteiger partial charge on any atom is 0.0598 e. The molecule has 0 aromatic heterocycles. The fourth-order valence-electron chi connectivity index (χ4n) is 2.36. The molecule has 1 N–H and O–H groups in total. The van der Waals surface area contributed by atoms with E-state index in [2.05, 4.69) is 78.6 Å². The summed E-state index contributed by atoms with van der Waals surface area (Å²) in [6.07, 6.45) is 6.37. The van der Waals surface area contributed by atoms with Crippen molar-refractivity contribution in [3.05, 3.63) is 65.7 Å². The van der Waals surface area contributed by atoms with Crippen molar-refractivity contribution in [1.82, 2.24) is 4.90 Å². The lowest BCUT2D eigenvalue weighted by atomic mass is 10.1. The number of hydrogen-bond acceptors (Lipinski definition) is 2. The van der Waals surface area contributed by atoms with Gasteiger partial charge in [-0.25, -0.2) is 0 Å². The van der Waals surface area contributed by atoms with Crippen LogP contribution in [0.4, 0.5) is 5.69 Å². The van der Waals surface area contributed by atoms with Gasteiger partial charge in [0.05, 0.1) is 6.54 Å². The Kier molecular flexibility index (Phi) is 6.06. The van der Waals surface area contributed by atoms with Gasteiger partial charge in [0.1, 0.15) is 0 Å². The predicted molar refractivity (Wildman–Crippen MR) is 94.8 cm³/mol. The van der Waals surface area contributed by atoms with Gasteiger partial charge in [-0.05, 0) is 43.7 Å². The Bertz CT molecular complexity index is 596. The average Bonchev–Trinajstić information content (AvgIpc) is 2.55. The summed E-state index contributed by atoms with van der Waals surface area (Å²) in [6, 6.07) is 19.5. The molecule has 0 spiro atoms. The van der Waals surface area contributed by atoms with Crippen LogP contribution in [0, 0.1) is 12.3 Å². The Morgan fingerprint density at radius 1 is 1.05 bits per heavy atom. The quantitative estimate of drug-likeness (QED) is 0.781. The predicted octanol–water partition coefficient (Wildman–Crippen LogP) is 3.79. The third-order valence-electron chi connectivity index (χ3n) is 3.92. The van der Waals surface area contributed by atoms with Gasteiger partial charge < -0.3 is 5.32 Å². The lowest BCUT2D eigenvalue weighted by Gasteiger charge is -2.22. The van der Waals surface area contributed by atoms with Gasteiger partial charge in [-0.1, -0.05) is 48.4 Å². The molecule has 0 aliphatic rings. The van der Waals surface area contributed by atoms with Crippen LogP contribution >= 0.6 is 0 Å². The highest BCUT2D eigenvalue weighted by Gasteiger charge is 2.08. The second-order valence-electron chi connectivity index (χ2n) is 5.71. The lowest BCUT2D eigenvalue weighted by molar-refractivity contribution is 0.287. The van der Waals surface area contributed by atoms with Crippen molar-refractivity contribution in [1.29, 1.82) is 0 Å². The smallest absolute Gasteiger partial charge is 0.0598 e. The standard InChI is InChI=1S/C20H24N2/c1-4-14-22(3)17(2)15-18-10-12-20(13-11-18)21-16-19-8-6-5-7-9-19/h1,5-13,17,21H,14-16H2,2-3H3/t17-/m1/s1. The Morgan fingerprint density at radius 3 is 2.36 bits per heavy atom. The molecule has 2 aromatic carbocycles. The minimum atomic E-state index is 0.444. The molecule has 0 radical (unpaired) electrons. The maximum atomic E-state index is 5.36. The zero-order valence-corrected chi connectivity index (χ0v) is 13.4. The van der Waals surface area contributed by atoms with E-state index in [9.17, 15) is 0 Å². The summed E-state index contributed by atoms with van der Waals surface area (Å²) in [5.41, 5.74) is 3.77. The minimum absolute atomic E-state index is 0.444. The molecule has 0 fully saturated rings. The van der Waals surface area contributed by atoms with Crippen LogP contribution < -0.4 is 5.32 Å². The Morgan fingerprint density at radius 2 is 1.73 bits per heavy atom. The summed E-state index contributed by atoms with van der Waals surface area (Å²) < 4.78 is 0. The molecular formula is C20H24N2. The van der Waals surface area contributed by atoms with E-state index in [0.717, 1.165) is 18.7 Å². The fraction of sp³-hybridized carbons (Fsp3) is 0.300. The first-order chi connectivity index (χ1) is 10.7. The minimum Gasteiger partial charge on any atom is -0.381 e. The van der Waals surface area contributed by atoms with Crippen LogP contribution in [0.1, 0.15) is 18.1 Å². The van der Waals surface area contributed by atoms with Gasteiger partial charge in [-0.2, -0.15) is 0 Å². The summed E-state index contributed by atoms with van der Waals surface area (Å²) in [5.74, 6) is 2.69. The van der Waals surface area contributed by atoms with Crippen LogP contribution in [0.2, 0.25) is 0 Å². The molecule has 2 heteroatoms. The van der Waals surface area contributed by atoms with Crippen LogP contribution in [-0.4, -0.2) is 24.5 Å². The van der Waals surface area contributed by atoms with Gasteiger partial charge in [0.2, 0.25) is 0 Å². The van der Waals surface area contributed by atoms with Crippen LogP contribution in [0.15, 0.2) is 54.6 Å². The van der Waals surface area contributed by atoms with Gasteiger partial charge in [0, 0.05) is 18.3 Å². The van der Waals surface area contributed by atoms with Crippen LogP contribution in [0.25, 0.3) is 0 Å². The van der Waals surface area contributed by atoms with Crippen molar-refractivity contribution >= 4 is 5.69 Å². The molecule has 0 amide bonds. The fourth-order valence-corrected chi connectivity index (χ4v) is 2.36. The Labute approximate surface area is 134 Å². The molecule has 2 aromatic rings. The van der Waals surface area contributed by atoms with Gasteiger partial charge in [0.15, 0.2) is 0 Å². The number of nitrogens with zero attached hydrogens (tertiary/aromatic N) is 1. The second kappa shape index (κ2) is 8.26. The van der Waals surface area contributed by atoms with Gasteiger partial charge in [0.25, 0.3) is 0 Å². The third-order valence-corrected chi connectivity index (χ3v) is 3.92. The Hall–Kier alpha value is -2.24. The monoisotopic (exact) mass is 292 g/mol. The molecule has 114 valence electrons. The first-order valence-corrected chi connectivity index (χ1v) is 7.69. The van der Waals surface area contributed by atoms with E-state index in [0.29, 0.717) is 12.6 Å². The number of hydrogen-bond donors (Lipinski definition) is 1. The average molecular weight is 292 g/mol. The molecule has 0 heterocycles. The number of nitrogens with one attached hydrogen (secondary N) is 1.